The number of nitrogens with one attached hydrogen (secondary N) is 1. The van der Waals surface area contributed by atoms with Gasteiger partial charge in [-0.1, -0.05) is 41.9 Å². The molecule has 1 N–H and O–H groups in total. The molecule has 5 nitrogen and oxygen atoms in total. The average Bonchev–Trinajstić information content (AvgIpc) is 3.15. The average molecular weight is 334 g/mol. The van der Waals surface area contributed by atoms with Crippen LogP contribution in [0.5, 0.6) is 0 Å². The van der Waals surface area contributed by atoms with E-state index in [-0.39, 0.29) is 6.04 Å². The molecule has 0 radical (unpaired) electrons. The molecular weight excluding hydrogens is 318 g/mol. The van der Waals surface area contributed by atoms with Crippen molar-refractivity contribution in [2.75, 3.05) is 0 Å². The number of halogens is 1. The lowest BCUT2D eigenvalue weighted by Crippen LogP contribution is -2.20. The summed E-state index contributed by atoms with van der Waals surface area (Å²) >= 11 is 7.56. The van der Waals surface area contributed by atoms with Gasteiger partial charge in [0, 0.05) is 10.9 Å². The molecule has 1 aromatic carbocycles. The van der Waals surface area contributed by atoms with Crippen molar-refractivity contribution < 1.29 is 0 Å². The predicted octanol–water partition coefficient (Wildman–Crippen LogP) is 3.29. The maximum Gasteiger partial charge on any atom is 0.165 e. The summed E-state index contributed by atoms with van der Waals surface area (Å²) in [6, 6.07) is 14.3. The van der Waals surface area contributed by atoms with Gasteiger partial charge in [0.15, 0.2) is 5.82 Å². The third kappa shape index (κ3) is 3.71. The monoisotopic (exact) mass is 333 g/mol. The first-order chi connectivity index (χ1) is 10.7. The Kier molecular flexibility index (Phi) is 4.82. The number of aromatic nitrogens is 4. The van der Waals surface area contributed by atoms with Gasteiger partial charge < -0.3 is 5.32 Å². The molecular formula is C15H16ClN5S. The summed E-state index contributed by atoms with van der Waals surface area (Å²) in [5.74, 6) is 0.818. The SMILES string of the molecule is C[C@H](NCc1nnnn1Cc1ccccc1)c1ccc(Cl)s1. The Balaban J connectivity index is 1.63. The molecule has 7 heteroatoms. The molecule has 0 aliphatic rings. The zero-order chi connectivity index (χ0) is 15.4. The van der Waals surface area contributed by atoms with Crippen LogP contribution in [0, 0.1) is 0 Å². The van der Waals surface area contributed by atoms with Crippen LogP contribution in [0.1, 0.15) is 29.2 Å². The fourth-order valence-electron chi connectivity index (χ4n) is 2.13. The second kappa shape index (κ2) is 7.00. The van der Waals surface area contributed by atoms with E-state index in [2.05, 4.69) is 39.9 Å². The van der Waals surface area contributed by atoms with E-state index in [0.717, 1.165) is 10.2 Å². The van der Waals surface area contributed by atoms with Crippen LogP contribution >= 0.6 is 22.9 Å². The largest absolute Gasteiger partial charge is 0.302 e. The molecule has 0 aliphatic carbocycles. The minimum atomic E-state index is 0.208. The third-order valence-corrected chi connectivity index (χ3v) is 4.78. The zero-order valence-corrected chi connectivity index (χ0v) is 13.7. The normalized spacial score (nSPS) is 12.5. The zero-order valence-electron chi connectivity index (χ0n) is 12.1. The van der Waals surface area contributed by atoms with E-state index >= 15 is 0 Å². The van der Waals surface area contributed by atoms with E-state index in [1.807, 2.05) is 35.0 Å². The summed E-state index contributed by atoms with van der Waals surface area (Å²) in [4.78, 5) is 1.20. The molecule has 114 valence electrons. The van der Waals surface area contributed by atoms with Crippen LogP contribution in [-0.4, -0.2) is 20.2 Å². The van der Waals surface area contributed by atoms with Crippen LogP contribution in [0.25, 0.3) is 0 Å². The van der Waals surface area contributed by atoms with Crippen LogP contribution in [0.3, 0.4) is 0 Å². The summed E-state index contributed by atoms with van der Waals surface area (Å²) in [6.45, 7) is 3.38. The highest BCUT2D eigenvalue weighted by Crippen LogP contribution is 2.26. The maximum absolute atomic E-state index is 5.97. The Labute approximate surface area is 137 Å². The van der Waals surface area contributed by atoms with Gasteiger partial charge in [0.05, 0.1) is 17.4 Å². The second-order valence-corrected chi connectivity index (χ2v) is 6.73. The summed E-state index contributed by atoms with van der Waals surface area (Å²) in [5, 5.41) is 15.4. The number of hydrogen-bond acceptors (Lipinski definition) is 5. The first kappa shape index (κ1) is 15.1. The standard InChI is InChI=1S/C15H16ClN5S/c1-11(13-7-8-14(16)22-13)17-9-15-18-19-20-21(15)10-12-5-3-2-4-6-12/h2-8,11,17H,9-10H2,1H3/t11-/m0/s1. The number of thiophene rings is 1. The van der Waals surface area contributed by atoms with Gasteiger partial charge in [-0.3, -0.25) is 0 Å². The van der Waals surface area contributed by atoms with Crippen molar-refractivity contribution in [1.29, 1.82) is 0 Å². The van der Waals surface area contributed by atoms with Crippen molar-refractivity contribution >= 4 is 22.9 Å². The van der Waals surface area contributed by atoms with E-state index in [1.165, 1.54) is 10.4 Å². The molecule has 0 fully saturated rings. The number of benzene rings is 1. The molecule has 0 spiro atoms. The predicted molar refractivity (Wildman–Crippen MR) is 87.9 cm³/mol. The van der Waals surface area contributed by atoms with E-state index in [4.69, 9.17) is 11.6 Å². The quantitative estimate of drug-likeness (QED) is 0.752. The van der Waals surface area contributed by atoms with Crippen molar-refractivity contribution in [2.24, 2.45) is 0 Å². The van der Waals surface area contributed by atoms with E-state index in [0.29, 0.717) is 13.1 Å². The molecule has 1 atom stereocenters. The third-order valence-electron chi connectivity index (χ3n) is 3.37. The fraction of sp³-hybridized carbons (Fsp3) is 0.267. The topological polar surface area (TPSA) is 55.6 Å². The summed E-state index contributed by atoms with van der Waals surface area (Å²) < 4.78 is 2.62. The highest BCUT2D eigenvalue weighted by molar-refractivity contribution is 7.16. The van der Waals surface area contributed by atoms with Crippen LogP contribution in [0.4, 0.5) is 0 Å². The van der Waals surface area contributed by atoms with Gasteiger partial charge in [0.1, 0.15) is 0 Å². The first-order valence-corrected chi connectivity index (χ1v) is 8.19. The summed E-state index contributed by atoms with van der Waals surface area (Å²) in [5.41, 5.74) is 1.18. The highest BCUT2D eigenvalue weighted by atomic mass is 35.5. The lowest BCUT2D eigenvalue weighted by molar-refractivity contribution is 0.533. The Hall–Kier alpha value is -1.76. The van der Waals surface area contributed by atoms with Crippen molar-refractivity contribution in [3.63, 3.8) is 0 Å². The number of nitrogens with zero attached hydrogens (tertiary/aromatic N) is 4. The molecule has 0 unspecified atom stereocenters. The molecule has 22 heavy (non-hydrogen) atoms. The van der Waals surface area contributed by atoms with E-state index in [1.54, 1.807) is 11.3 Å². The number of rotatable bonds is 6. The Morgan fingerprint density at radius 1 is 1.23 bits per heavy atom. The Morgan fingerprint density at radius 2 is 2.05 bits per heavy atom. The van der Waals surface area contributed by atoms with Gasteiger partial charge in [0.2, 0.25) is 0 Å². The molecule has 3 aromatic rings. The molecule has 0 saturated carbocycles. The van der Waals surface area contributed by atoms with Gasteiger partial charge >= 0.3 is 0 Å². The molecule has 0 amide bonds. The lowest BCUT2D eigenvalue weighted by atomic mass is 10.2. The lowest BCUT2D eigenvalue weighted by Gasteiger charge is -2.11. The Bertz CT molecular complexity index is 724. The maximum atomic E-state index is 5.97. The van der Waals surface area contributed by atoms with Gasteiger partial charge in [0.25, 0.3) is 0 Å². The van der Waals surface area contributed by atoms with Crippen LogP contribution in [0.2, 0.25) is 4.34 Å². The van der Waals surface area contributed by atoms with Crippen LogP contribution in [0.15, 0.2) is 42.5 Å². The summed E-state index contributed by atoms with van der Waals surface area (Å²) in [7, 11) is 0. The van der Waals surface area contributed by atoms with Gasteiger partial charge in [-0.25, -0.2) is 4.68 Å². The fourth-order valence-corrected chi connectivity index (χ4v) is 3.22. The van der Waals surface area contributed by atoms with Crippen molar-refractivity contribution in [2.45, 2.75) is 26.1 Å². The minimum absolute atomic E-state index is 0.208. The molecule has 2 heterocycles. The highest BCUT2D eigenvalue weighted by Gasteiger charge is 2.11. The van der Waals surface area contributed by atoms with Crippen LogP contribution in [-0.2, 0) is 13.1 Å². The Morgan fingerprint density at radius 3 is 2.77 bits per heavy atom. The van der Waals surface area contributed by atoms with E-state index < -0.39 is 0 Å². The van der Waals surface area contributed by atoms with Gasteiger partial charge in [-0.05, 0) is 35.0 Å². The van der Waals surface area contributed by atoms with Gasteiger partial charge in [-0.15, -0.1) is 16.4 Å². The van der Waals surface area contributed by atoms with Crippen molar-refractivity contribution in [3.8, 4) is 0 Å². The summed E-state index contributed by atoms with van der Waals surface area (Å²) in [6.07, 6.45) is 0. The second-order valence-electron chi connectivity index (χ2n) is 4.98. The number of hydrogen-bond donors (Lipinski definition) is 1. The molecule has 3 rings (SSSR count). The van der Waals surface area contributed by atoms with Crippen molar-refractivity contribution in [1.82, 2.24) is 25.5 Å². The van der Waals surface area contributed by atoms with Gasteiger partial charge in [-0.2, -0.15) is 0 Å². The smallest absolute Gasteiger partial charge is 0.165 e. The van der Waals surface area contributed by atoms with Crippen molar-refractivity contribution in [3.05, 3.63) is 63.1 Å². The molecule has 2 aromatic heterocycles. The van der Waals surface area contributed by atoms with Crippen LogP contribution < -0.4 is 5.32 Å². The molecule has 0 aliphatic heterocycles. The van der Waals surface area contributed by atoms with E-state index in [9.17, 15) is 0 Å². The molecule has 0 saturated heterocycles. The minimum Gasteiger partial charge on any atom is -0.302 e. The number of tetrazole rings is 1. The molecule has 0 bridgehead atoms. The first-order valence-electron chi connectivity index (χ1n) is 7.00.